The van der Waals surface area contributed by atoms with Gasteiger partial charge in [-0.3, -0.25) is 14.5 Å². The van der Waals surface area contributed by atoms with Crippen molar-refractivity contribution < 1.29 is 9.59 Å². The van der Waals surface area contributed by atoms with Crippen LogP contribution in [0.4, 0.5) is 5.69 Å². The number of benzene rings is 3. The fourth-order valence-electron chi connectivity index (χ4n) is 3.57. The predicted molar refractivity (Wildman–Crippen MR) is 141 cm³/mol. The minimum absolute atomic E-state index is 0.140. The molecule has 2 amide bonds. The highest BCUT2D eigenvalue weighted by molar-refractivity contribution is 8.05. The molecule has 0 spiro atoms. The molecule has 1 aliphatic rings. The topological polar surface area (TPSA) is 73.2 Å². The molecule has 9 heteroatoms. The van der Waals surface area contributed by atoms with Gasteiger partial charge in [-0.05, 0) is 53.9 Å². The highest BCUT2D eigenvalue weighted by Gasteiger charge is 2.41. The molecule has 176 valence electrons. The van der Waals surface area contributed by atoms with Crippen molar-refractivity contribution in [3.63, 3.8) is 0 Å². The maximum atomic E-state index is 13.5. The molecule has 1 N–H and O–H groups in total. The third-order valence-electron chi connectivity index (χ3n) is 5.31. The van der Waals surface area contributed by atoms with Crippen molar-refractivity contribution in [3.05, 3.63) is 110 Å². The molecule has 3 aromatic rings. The highest BCUT2D eigenvalue weighted by atomic mass is 35.5. The normalized spacial score (nSPS) is 16.7. The summed E-state index contributed by atoms with van der Waals surface area (Å²) >= 11 is 19.5. The zero-order valence-corrected chi connectivity index (χ0v) is 21.3. The number of nitrogens with one attached hydrogen (secondary N) is 1. The third kappa shape index (κ3) is 5.83. The zero-order valence-electron chi connectivity index (χ0n) is 18.2. The Kier molecular flexibility index (Phi) is 8.04. The summed E-state index contributed by atoms with van der Waals surface area (Å²) in [6, 6.07) is 23.1. The molecular weight excluding hydrogens is 525 g/mol. The van der Waals surface area contributed by atoms with Crippen LogP contribution >= 0.6 is 46.6 Å². The number of nitrogens with zero attached hydrogens (tertiary/aromatic N) is 2. The monoisotopic (exact) mass is 541 g/mol. The van der Waals surface area contributed by atoms with E-state index in [4.69, 9.17) is 34.8 Å². The minimum atomic E-state index is -0.593. The molecule has 5 nitrogen and oxygen atoms in total. The maximum absolute atomic E-state index is 13.5. The van der Waals surface area contributed by atoms with Crippen molar-refractivity contribution in [2.24, 2.45) is 0 Å². The lowest BCUT2D eigenvalue weighted by atomic mass is 10.1. The largest absolute Gasteiger partial charge is 0.347 e. The first kappa shape index (κ1) is 25.2. The molecule has 1 atom stereocenters. The Labute approximate surface area is 222 Å². The Morgan fingerprint density at radius 2 is 1.69 bits per heavy atom. The Balaban J connectivity index is 1.68. The number of carbonyl (C=O) groups excluding carboxylic acids is 2. The minimum Gasteiger partial charge on any atom is -0.347 e. The maximum Gasteiger partial charge on any atom is 0.264 e. The Morgan fingerprint density at radius 3 is 2.34 bits per heavy atom. The molecule has 1 saturated heterocycles. The second kappa shape index (κ2) is 11.2. The predicted octanol–water partition coefficient (Wildman–Crippen LogP) is 6.39. The van der Waals surface area contributed by atoms with Gasteiger partial charge < -0.3 is 5.32 Å². The van der Waals surface area contributed by atoms with Crippen LogP contribution in [0.5, 0.6) is 0 Å². The van der Waals surface area contributed by atoms with Gasteiger partial charge in [-0.1, -0.05) is 83.0 Å². The van der Waals surface area contributed by atoms with Crippen LogP contribution in [0.15, 0.2) is 83.4 Å². The van der Waals surface area contributed by atoms with Gasteiger partial charge in [-0.25, -0.2) is 0 Å². The molecule has 4 rings (SSSR count). The van der Waals surface area contributed by atoms with Gasteiger partial charge in [0.15, 0.2) is 0 Å². The van der Waals surface area contributed by atoms with Crippen molar-refractivity contribution in [2.75, 3.05) is 4.90 Å². The second-order valence-corrected chi connectivity index (χ2v) is 10.1. The number of nitriles is 1. The van der Waals surface area contributed by atoms with Crippen molar-refractivity contribution in [3.8, 4) is 6.07 Å². The van der Waals surface area contributed by atoms with E-state index in [0.717, 1.165) is 22.9 Å². The van der Waals surface area contributed by atoms with Crippen LogP contribution in [-0.2, 0) is 22.6 Å². The SMILES string of the molecule is N#C/C(C(=O)NCc1ccccc1)=C1/SC(Cc2ccc(Cl)cc2Cl)C(=O)N1c1ccc(Cl)cc1. The lowest BCUT2D eigenvalue weighted by Crippen LogP contribution is -2.32. The van der Waals surface area contributed by atoms with E-state index in [-0.39, 0.29) is 23.1 Å². The summed E-state index contributed by atoms with van der Waals surface area (Å²) in [5.74, 6) is -0.822. The number of anilines is 1. The zero-order chi connectivity index (χ0) is 24.9. The van der Waals surface area contributed by atoms with Gasteiger partial charge in [0.2, 0.25) is 5.91 Å². The Morgan fingerprint density at radius 1 is 1.00 bits per heavy atom. The van der Waals surface area contributed by atoms with Gasteiger partial charge in [-0.15, -0.1) is 0 Å². The number of halogens is 3. The van der Waals surface area contributed by atoms with E-state index in [1.54, 1.807) is 42.5 Å². The van der Waals surface area contributed by atoms with Crippen LogP contribution in [0.25, 0.3) is 0 Å². The smallest absolute Gasteiger partial charge is 0.264 e. The van der Waals surface area contributed by atoms with Crippen LogP contribution in [0.3, 0.4) is 0 Å². The van der Waals surface area contributed by atoms with E-state index in [0.29, 0.717) is 27.2 Å². The molecule has 0 saturated carbocycles. The van der Waals surface area contributed by atoms with Crippen LogP contribution < -0.4 is 10.2 Å². The quantitative estimate of drug-likeness (QED) is 0.289. The molecule has 35 heavy (non-hydrogen) atoms. The molecule has 0 radical (unpaired) electrons. The van der Waals surface area contributed by atoms with Gasteiger partial charge in [0.1, 0.15) is 16.7 Å². The van der Waals surface area contributed by atoms with E-state index < -0.39 is 11.2 Å². The summed E-state index contributed by atoms with van der Waals surface area (Å²) < 4.78 is 0. The lowest BCUT2D eigenvalue weighted by molar-refractivity contribution is -0.117. The van der Waals surface area contributed by atoms with Crippen LogP contribution in [0, 0.1) is 11.3 Å². The van der Waals surface area contributed by atoms with E-state index in [1.807, 2.05) is 36.4 Å². The van der Waals surface area contributed by atoms with E-state index in [9.17, 15) is 14.9 Å². The van der Waals surface area contributed by atoms with E-state index in [1.165, 1.54) is 4.90 Å². The van der Waals surface area contributed by atoms with Gasteiger partial charge in [0, 0.05) is 27.3 Å². The molecule has 1 aliphatic heterocycles. The number of thioether (sulfide) groups is 1. The molecular formula is C26H18Cl3N3O2S. The fourth-order valence-corrected chi connectivity index (χ4v) is 5.47. The summed E-state index contributed by atoms with van der Waals surface area (Å²) in [5, 5.41) is 13.8. The molecule has 3 aromatic carbocycles. The van der Waals surface area contributed by atoms with Crippen LogP contribution in [0.1, 0.15) is 11.1 Å². The molecule has 1 heterocycles. The van der Waals surface area contributed by atoms with Crippen molar-refractivity contribution in [1.29, 1.82) is 5.26 Å². The first-order chi connectivity index (χ1) is 16.9. The standard InChI is InChI=1S/C26H18Cl3N3O2S/c27-18-8-10-20(11-9-18)32-25(34)23(12-17-6-7-19(28)13-22(17)29)35-26(32)21(14-30)24(33)31-15-16-4-2-1-3-5-16/h1-11,13,23H,12,15H2,(H,31,33)/b26-21-. The first-order valence-electron chi connectivity index (χ1n) is 10.5. The number of amides is 2. The van der Waals surface area contributed by atoms with Crippen molar-refractivity contribution >= 4 is 64.1 Å². The van der Waals surface area contributed by atoms with Gasteiger partial charge in [0.05, 0.1) is 5.25 Å². The lowest BCUT2D eigenvalue weighted by Gasteiger charge is -2.19. The Hall–Kier alpha value is -2.95. The van der Waals surface area contributed by atoms with Gasteiger partial charge in [-0.2, -0.15) is 5.26 Å². The number of hydrogen-bond donors (Lipinski definition) is 1. The van der Waals surface area contributed by atoms with E-state index >= 15 is 0 Å². The average Bonchev–Trinajstić information content (AvgIpc) is 3.16. The van der Waals surface area contributed by atoms with Gasteiger partial charge >= 0.3 is 0 Å². The molecule has 0 aliphatic carbocycles. The summed E-state index contributed by atoms with van der Waals surface area (Å²) in [6.45, 7) is 0.251. The number of rotatable bonds is 6. The van der Waals surface area contributed by atoms with Crippen LogP contribution in [-0.4, -0.2) is 17.1 Å². The summed E-state index contributed by atoms with van der Waals surface area (Å²) in [4.78, 5) is 28.0. The van der Waals surface area contributed by atoms with Crippen LogP contribution in [0.2, 0.25) is 15.1 Å². The second-order valence-electron chi connectivity index (χ2n) is 7.66. The molecule has 1 unspecified atom stereocenters. The molecule has 0 bridgehead atoms. The molecule has 0 aromatic heterocycles. The number of hydrogen-bond acceptors (Lipinski definition) is 4. The third-order valence-corrected chi connectivity index (χ3v) is 7.41. The first-order valence-corrected chi connectivity index (χ1v) is 12.6. The highest BCUT2D eigenvalue weighted by Crippen LogP contribution is 2.42. The Bertz CT molecular complexity index is 1340. The van der Waals surface area contributed by atoms with Gasteiger partial charge in [0.25, 0.3) is 5.91 Å². The summed E-state index contributed by atoms with van der Waals surface area (Å²) in [6.07, 6.45) is 0.303. The number of carbonyl (C=O) groups is 2. The fraction of sp³-hybridized carbons (Fsp3) is 0.115. The summed E-state index contributed by atoms with van der Waals surface area (Å²) in [5.41, 5.74) is 2.00. The average molecular weight is 543 g/mol. The van der Waals surface area contributed by atoms with Crippen molar-refractivity contribution in [1.82, 2.24) is 5.32 Å². The molecule has 1 fully saturated rings. The summed E-state index contributed by atoms with van der Waals surface area (Å²) in [7, 11) is 0. The van der Waals surface area contributed by atoms with E-state index in [2.05, 4.69) is 5.32 Å². The van der Waals surface area contributed by atoms with Crippen molar-refractivity contribution in [2.45, 2.75) is 18.2 Å².